The first-order chi connectivity index (χ1) is 7.34. The van der Waals surface area contributed by atoms with Crippen LogP contribution < -0.4 is 4.74 Å². The lowest BCUT2D eigenvalue weighted by Crippen LogP contribution is -1.97. The van der Waals surface area contributed by atoms with E-state index in [4.69, 9.17) is 4.74 Å². The summed E-state index contributed by atoms with van der Waals surface area (Å²) in [6, 6.07) is 9.41. The van der Waals surface area contributed by atoms with Crippen molar-refractivity contribution in [2.24, 2.45) is 0 Å². The highest BCUT2D eigenvalue weighted by molar-refractivity contribution is 9.10. The van der Waals surface area contributed by atoms with Gasteiger partial charge in [0.2, 0.25) is 5.88 Å². The molecule has 5 heteroatoms. The van der Waals surface area contributed by atoms with Crippen LogP contribution in [-0.2, 0) is 6.61 Å². The fraction of sp³-hybridized carbons (Fsp3) is 0.0909. The summed E-state index contributed by atoms with van der Waals surface area (Å²) in [5, 5.41) is 0. The quantitative estimate of drug-likeness (QED) is 0.816. The number of rotatable bonds is 3. The number of pyridine rings is 2. The number of ether oxygens (including phenoxy) is 1. The highest BCUT2D eigenvalue weighted by atomic mass is 79.9. The average molecular weight is 302 g/mol. The molecule has 2 rings (SSSR count). The fourth-order valence-electron chi connectivity index (χ4n) is 1.11. The molecule has 0 atom stereocenters. The van der Waals surface area contributed by atoms with Crippen molar-refractivity contribution in [2.75, 3.05) is 0 Å². The Balaban J connectivity index is 0.00000128. The van der Waals surface area contributed by atoms with E-state index in [0.717, 1.165) is 10.2 Å². The van der Waals surface area contributed by atoms with E-state index in [2.05, 4.69) is 25.9 Å². The Hall–Kier alpha value is -1.13. The molecule has 0 saturated carbocycles. The zero-order chi connectivity index (χ0) is 10.5. The van der Waals surface area contributed by atoms with Gasteiger partial charge in [-0.25, -0.2) is 4.98 Å². The first-order valence-corrected chi connectivity index (χ1v) is 5.28. The molecule has 84 valence electrons. The standard InChI is InChI=1S/C11H9BrN2O.ClH/c12-10-4-1-5-11(14-10)15-8-9-3-2-6-13-7-9;/h1-7H,8H2;1H. The average Bonchev–Trinajstić information content (AvgIpc) is 2.28. The van der Waals surface area contributed by atoms with Crippen LogP contribution in [0.5, 0.6) is 5.88 Å². The van der Waals surface area contributed by atoms with Gasteiger partial charge in [0.05, 0.1) is 0 Å². The van der Waals surface area contributed by atoms with Gasteiger partial charge in [0, 0.05) is 24.0 Å². The Morgan fingerprint density at radius 1 is 1.19 bits per heavy atom. The second-order valence-corrected chi connectivity index (χ2v) is 3.76. The molecule has 0 bridgehead atoms. The molecule has 0 unspecified atom stereocenters. The molecular weight excluding hydrogens is 291 g/mol. The minimum absolute atomic E-state index is 0. The van der Waals surface area contributed by atoms with Crippen LogP contribution in [0.25, 0.3) is 0 Å². The van der Waals surface area contributed by atoms with Crippen molar-refractivity contribution >= 4 is 28.3 Å². The van der Waals surface area contributed by atoms with Crippen LogP contribution in [-0.4, -0.2) is 9.97 Å². The molecular formula is C11H10BrClN2O. The minimum atomic E-state index is 0. The van der Waals surface area contributed by atoms with Crippen molar-refractivity contribution in [2.45, 2.75) is 6.61 Å². The van der Waals surface area contributed by atoms with Gasteiger partial charge in [-0.2, -0.15) is 0 Å². The Kier molecular flexibility index (Phi) is 5.22. The number of halogens is 2. The molecule has 0 aliphatic heterocycles. The van der Waals surface area contributed by atoms with E-state index < -0.39 is 0 Å². The van der Waals surface area contributed by atoms with Crippen molar-refractivity contribution in [1.82, 2.24) is 9.97 Å². The molecule has 0 N–H and O–H groups in total. The third-order valence-electron chi connectivity index (χ3n) is 1.80. The van der Waals surface area contributed by atoms with Gasteiger partial charge in [0.25, 0.3) is 0 Å². The van der Waals surface area contributed by atoms with E-state index in [0.29, 0.717) is 12.5 Å². The smallest absolute Gasteiger partial charge is 0.214 e. The predicted octanol–water partition coefficient (Wildman–Crippen LogP) is 3.24. The van der Waals surface area contributed by atoms with E-state index in [1.54, 1.807) is 12.4 Å². The van der Waals surface area contributed by atoms with Crippen molar-refractivity contribution in [3.8, 4) is 5.88 Å². The summed E-state index contributed by atoms with van der Waals surface area (Å²) < 4.78 is 6.26. The summed E-state index contributed by atoms with van der Waals surface area (Å²) in [7, 11) is 0. The maximum Gasteiger partial charge on any atom is 0.214 e. The molecule has 2 aromatic rings. The zero-order valence-corrected chi connectivity index (χ0v) is 10.7. The molecule has 16 heavy (non-hydrogen) atoms. The van der Waals surface area contributed by atoms with Gasteiger partial charge in [-0.3, -0.25) is 4.98 Å². The summed E-state index contributed by atoms with van der Waals surface area (Å²) in [5.41, 5.74) is 1.03. The molecule has 0 aromatic carbocycles. The molecule has 0 fully saturated rings. The van der Waals surface area contributed by atoms with E-state index in [1.165, 1.54) is 0 Å². The van der Waals surface area contributed by atoms with Crippen LogP contribution in [0.15, 0.2) is 47.3 Å². The number of hydrogen-bond donors (Lipinski definition) is 0. The number of aromatic nitrogens is 2. The van der Waals surface area contributed by atoms with Gasteiger partial charge in [-0.1, -0.05) is 12.1 Å². The van der Waals surface area contributed by atoms with E-state index in [1.807, 2.05) is 30.3 Å². The van der Waals surface area contributed by atoms with E-state index >= 15 is 0 Å². The molecule has 0 radical (unpaired) electrons. The van der Waals surface area contributed by atoms with Gasteiger partial charge in [0.15, 0.2) is 0 Å². The zero-order valence-electron chi connectivity index (χ0n) is 8.34. The van der Waals surface area contributed by atoms with Crippen LogP contribution in [0.2, 0.25) is 0 Å². The van der Waals surface area contributed by atoms with E-state index in [9.17, 15) is 0 Å². The highest BCUT2D eigenvalue weighted by Gasteiger charge is 1.97. The number of nitrogens with zero attached hydrogens (tertiary/aromatic N) is 2. The summed E-state index contributed by atoms with van der Waals surface area (Å²) in [4.78, 5) is 8.17. The second kappa shape index (κ2) is 6.45. The molecule has 3 nitrogen and oxygen atoms in total. The van der Waals surface area contributed by atoms with Crippen LogP contribution in [0.1, 0.15) is 5.56 Å². The summed E-state index contributed by atoms with van der Waals surface area (Å²) >= 11 is 3.28. The van der Waals surface area contributed by atoms with Crippen LogP contribution in [0, 0.1) is 0 Å². The lowest BCUT2D eigenvalue weighted by Gasteiger charge is -2.04. The summed E-state index contributed by atoms with van der Waals surface area (Å²) in [6.07, 6.45) is 3.51. The third kappa shape index (κ3) is 3.79. The minimum Gasteiger partial charge on any atom is -0.473 e. The lowest BCUT2D eigenvalue weighted by molar-refractivity contribution is 0.293. The summed E-state index contributed by atoms with van der Waals surface area (Å²) in [5.74, 6) is 0.605. The highest BCUT2D eigenvalue weighted by Crippen LogP contribution is 2.13. The number of hydrogen-bond acceptors (Lipinski definition) is 3. The van der Waals surface area contributed by atoms with Crippen molar-refractivity contribution in [3.63, 3.8) is 0 Å². The largest absolute Gasteiger partial charge is 0.473 e. The Morgan fingerprint density at radius 3 is 2.75 bits per heavy atom. The fourth-order valence-corrected chi connectivity index (χ4v) is 1.44. The van der Waals surface area contributed by atoms with Crippen molar-refractivity contribution in [1.29, 1.82) is 0 Å². The molecule has 0 aliphatic carbocycles. The van der Waals surface area contributed by atoms with Crippen molar-refractivity contribution in [3.05, 3.63) is 52.9 Å². The van der Waals surface area contributed by atoms with Crippen LogP contribution in [0.3, 0.4) is 0 Å². The molecule has 0 saturated heterocycles. The molecule has 0 amide bonds. The molecule has 0 spiro atoms. The van der Waals surface area contributed by atoms with Gasteiger partial charge in [-0.15, -0.1) is 12.4 Å². The normalized spacial score (nSPS) is 9.31. The maximum absolute atomic E-state index is 5.49. The van der Waals surface area contributed by atoms with Gasteiger partial charge in [-0.05, 0) is 28.1 Å². The van der Waals surface area contributed by atoms with Gasteiger partial charge < -0.3 is 4.74 Å². The Bertz CT molecular complexity index is 439. The van der Waals surface area contributed by atoms with Crippen LogP contribution in [0.4, 0.5) is 0 Å². The van der Waals surface area contributed by atoms with Crippen molar-refractivity contribution < 1.29 is 4.74 Å². The Labute approximate surface area is 108 Å². The summed E-state index contributed by atoms with van der Waals surface area (Å²) in [6.45, 7) is 0.483. The second-order valence-electron chi connectivity index (χ2n) is 2.95. The third-order valence-corrected chi connectivity index (χ3v) is 2.24. The van der Waals surface area contributed by atoms with Gasteiger partial charge >= 0.3 is 0 Å². The van der Waals surface area contributed by atoms with E-state index in [-0.39, 0.29) is 12.4 Å². The molecule has 0 aliphatic rings. The monoisotopic (exact) mass is 300 g/mol. The maximum atomic E-state index is 5.49. The van der Waals surface area contributed by atoms with Crippen LogP contribution >= 0.6 is 28.3 Å². The Morgan fingerprint density at radius 2 is 2.06 bits per heavy atom. The predicted molar refractivity (Wildman–Crippen MR) is 67.8 cm³/mol. The molecule has 2 aromatic heterocycles. The first-order valence-electron chi connectivity index (χ1n) is 4.49. The van der Waals surface area contributed by atoms with Gasteiger partial charge in [0.1, 0.15) is 11.2 Å². The topological polar surface area (TPSA) is 35.0 Å². The lowest BCUT2D eigenvalue weighted by atomic mass is 10.3. The SMILES string of the molecule is Brc1cccc(OCc2cccnc2)n1.Cl. The molecule has 2 heterocycles. The first kappa shape index (κ1) is 12.9.